The van der Waals surface area contributed by atoms with E-state index in [2.05, 4.69) is 46.0 Å². The van der Waals surface area contributed by atoms with Gasteiger partial charge in [0, 0.05) is 17.6 Å². The minimum atomic E-state index is 0.118. The lowest BCUT2D eigenvalue weighted by atomic mass is 9.83. The number of ether oxygens (including phenoxy) is 1. The van der Waals surface area contributed by atoms with Gasteiger partial charge in [-0.1, -0.05) is 22.9 Å². The van der Waals surface area contributed by atoms with Crippen molar-refractivity contribution >= 4 is 15.9 Å². The highest BCUT2D eigenvalue weighted by Gasteiger charge is 2.38. The van der Waals surface area contributed by atoms with E-state index in [9.17, 15) is 0 Å². The molecule has 1 spiro atoms. The number of hydrogen-bond acceptors (Lipinski definition) is 2. The fourth-order valence-electron chi connectivity index (χ4n) is 3.12. The molecule has 0 N–H and O–H groups in total. The number of benzene rings is 1. The molecule has 2 nitrogen and oxygen atoms in total. The van der Waals surface area contributed by atoms with Crippen LogP contribution in [0.4, 0.5) is 0 Å². The van der Waals surface area contributed by atoms with Crippen molar-refractivity contribution in [2.75, 3.05) is 19.6 Å². The third-order valence-electron chi connectivity index (χ3n) is 4.41. The Morgan fingerprint density at radius 1 is 1.28 bits per heavy atom. The summed E-state index contributed by atoms with van der Waals surface area (Å²) >= 11 is 3.53. The summed E-state index contributed by atoms with van der Waals surface area (Å²) in [5, 5.41) is 0. The average molecular weight is 310 g/mol. The summed E-state index contributed by atoms with van der Waals surface area (Å²) in [6.07, 6.45) is 4.68. The molecule has 0 amide bonds. The van der Waals surface area contributed by atoms with Crippen LogP contribution in [0.5, 0.6) is 5.75 Å². The number of piperidine rings is 1. The van der Waals surface area contributed by atoms with E-state index in [0.29, 0.717) is 0 Å². The van der Waals surface area contributed by atoms with Crippen molar-refractivity contribution in [2.24, 2.45) is 0 Å². The highest BCUT2D eigenvalue weighted by Crippen LogP contribution is 2.40. The first kappa shape index (κ1) is 12.5. The minimum Gasteiger partial charge on any atom is -0.487 e. The Morgan fingerprint density at radius 2 is 2.06 bits per heavy atom. The van der Waals surface area contributed by atoms with Gasteiger partial charge >= 0.3 is 0 Å². The molecule has 0 radical (unpaired) electrons. The van der Waals surface area contributed by atoms with Gasteiger partial charge in [-0.3, -0.25) is 0 Å². The monoisotopic (exact) mass is 309 g/mol. The molecule has 1 aromatic rings. The van der Waals surface area contributed by atoms with Gasteiger partial charge in [0.15, 0.2) is 0 Å². The highest BCUT2D eigenvalue weighted by molar-refractivity contribution is 9.10. The Labute approximate surface area is 117 Å². The SMILES string of the molecule is CCN1CCC2(CCc3cc(Br)ccc3O2)CC1. The maximum atomic E-state index is 6.36. The first-order valence-corrected chi connectivity index (χ1v) is 7.70. The number of aryl methyl sites for hydroxylation is 1. The molecule has 98 valence electrons. The molecule has 2 aliphatic heterocycles. The summed E-state index contributed by atoms with van der Waals surface area (Å²) in [6, 6.07) is 6.40. The fraction of sp³-hybridized carbons (Fsp3) is 0.600. The Balaban J connectivity index is 1.76. The van der Waals surface area contributed by atoms with Crippen LogP contribution in [0.25, 0.3) is 0 Å². The quantitative estimate of drug-likeness (QED) is 0.785. The minimum absolute atomic E-state index is 0.118. The number of likely N-dealkylation sites (tertiary alicyclic amines) is 1. The maximum Gasteiger partial charge on any atom is 0.123 e. The molecule has 1 aromatic carbocycles. The van der Waals surface area contributed by atoms with E-state index < -0.39 is 0 Å². The van der Waals surface area contributed by atoms with Gasteiger partial charge < -0.3 is 9.64 Å². The molecule has 3 rings (SSSR count). The highest BCUT2D eigenvalue weighted by atomic mass is 79.9. The summed E-state index contributed by atoms with van der Waals surface area (Å²) in [7, 11) is 0. The molecule has 2 heterocycles. The van der Waals surface area contributed by atoms with Crippen LogP contribution in [0, 0.1) is 0 Å². The number of fused-ring (bicyclic) bond motifs is 1. The van der Waals surface area contributed by atoms with Gasteiger partial charge in [0.25, 0.3) is 0 Å². The van der Waals surface area contributed by atoms with Gasteiger partial charge in [-0.15, -0.1) is 0 Å². The van der Waals surface area contributed by atoms with E-state index in [-0.39, 0.29) is 5.60 Å². The molecule has 0 saturated carbocycles. The third-order valence-corrected chi connectivity index (χ3v) is 4.91. The van der Waals surface area contributed by atoms with Crippen molar-refractivity contribution in [3.8, 4) is 5.75 Å². The van der Waals surface area contributed by atoms with Crippen LogP contribution in [0.2, 0.25) is 0 Å². The molecule has 0 bridgehead atoms. The maximum absolute atomic E-state index is 6.36. The molecule has 3 heteroatoms. The zero-order valence-electron chi connectivity index (χ0n) is 10.9. The van der Waals surface area contributed by atoms with Crippen molar-refractivity contribution in [3.05, 3.63) is 28.2 Å². The standard InChI is InChI=1S/C15H20BrNO/c1-2-17-9-7-15(8-10-17)6-5-12-11-13(16)3-4-14(12)18-15/h3-4,11H,2,5-10H2,1H3. The fourth-order valence-corrected chi connectivity index (χ4v) is 3.53. The van der Waals surface area contributed by atoms with Gasteiger partial charge in [0.2, 0.25) is 0 Å². The summed E-state index contributed by atoms with van der Waals surface area (Å²) in [4.78, 5) is 2.52. The lowest BCUT2D eigenvalue weighted by Crippen LogP contribution is -2.49. The van der Waals surface area contributed by atoms with Gasteiger partial charge in [-0.05, 0) is 56.0 Å². The van der Waals surface area contributed by atoms with E-state index in [1.807, 2.05) is 0 Å². The predicted molar refractivity (Wildman–Crippen MR) is 77.2 cm³/mol. The topological polar surface area (TPSA) is 12.5 Å². The van der Waals surface area contributed by atoms with Crippen molar-refractivity contribution in [1.82, 2.24) is 4.90 Å². The first-order chi connectivity index (χ1) is 8.71. The first-order valence-electron chi connectivity index (χ1n) is 6.91. The summed E-state index contributed by atoms with van der Waals surface area (Å²) in [5.74, 6) is 1.11. The average Bonchev–Trinajstić information content (AvgIpc) is 2.40. The van der Waals surface area contributed by atoms with Gasteiger partial charge in [0.05, 0.1) is 0 Å². The normalized spacial score (nSPS) is 22.6. The van der Waals surface area contributed by atoms with Crippen molar-refractivity contribution in [2.45, 2.75) is 38.2 Å². The molecular weight excluding hydrogens is 290 g/mol. The van der Waals surface area contributed by atoms with Gasteiger partial charge in [0.1, 0.15) is 11.4 Å². The second kappa shape index (κ2) is 4.86. The smallest absolute Gasteiger partial charge is 0.123 e. The molecule has 18 heavy (non-hydrogen) atoms. The van der Waals surface area contributed by atoms with Crippen molar-refractivity contribution in [1.29, 1.82) is 0 Å². The van der Waals surface area contributed by atoms with E-state index >= 15 is 0 Å². The Hall–Kier alpha value is -0.540. The molecule has 0 atom stereocenters. The van der Waals surface area contributed by atoms with Crippen LogP contribution in [0.15, 0.2) is 22.7 Å². The Morgan fingerprint density at radius 3 is 2.78 bits per heavy atom. The summed E-state index contributed by atoms with van der Waals surface area (Å²) < 4.78 is 7.51. The van der Waals surface area contributed by atoms with Crippen molar-refractivity contribution in [3.63, 3.8) is 0 Å². The van der Waals surface area contributed by atoms with Crippen LogP contribution in [-0.2, 0) is 6.42 Å². The largest absolute Gasteiger partial charge is 0.487 e. The molecule has 1 saturated heterocycles. The van der Waals surface area contributed by atoms with E-state index in [1.165, 1.54) is 44.5 Å². The molecule has 0 unspecified atom stereocenters. The lowest BCUT2D eigenvalue weighted by molar-refractivity contribution is -0.0132. The van der Waals surface area contributed by atoms with Gasteiger partial charge in [-0.2, -0.15) is 0 Å². The van der Waals surface area contributed by atoms with E-state index in [1.54, 1.807) is 0 Å². The number of rotatable bonds is 1. The second-order valence-electron chi connectivity index (χ2n) is 5.47. The van der Waals surface area contributed by atoms with E-state index in [0.717, 1.165) is 16.6 Å². The lowest BCUT2D eigenvalue weighted by Gasteiger charge is -2.44. The summed E-state index contributed by atoms with van der Waals surface area (Å²) in [6.45, 7) is 5.77. The molecule has 0 aliphatic carbocycles. The second-order valence-corrected chi connectivity index (χ2v) is 6.39. The number of nitrogens with zero attached hydrogens (tertiary/aromatic N) is 1. The summed E-state index contributed by atoms with van der Waals surface area (Å²) in [5.41, 5.74) is 1.47. The Bertz CT molecular complexity index is 438. The van der Waals surface area contributed by atoms with E-state index in [4.69, 9.17) is 4.74 Å². The zero-order chi connectivity index (χ0) is 12.6. The van der Waals surface area contributed by atoms with Gasteiger partial charge in [-0.25, -0.2) is 0 Å². The molecular formula is C15H20BrNO. The van der Waals surface area contributed by atoms with Crippen LogP contribution >= 0.6 is 15.9 Å². The molecule has 1 fully saturated rings. The molecule has 2 aliphatic rings. The number of halogens is 1. The zero-order valence-corrected chi connectivity index (χ0v) is 12.5. The van der Waals surface area contributed by atoms with Crippen LogP contribution in [-0.4, -0.2) is 30.1 Å². The molecule has 0 aromatic heterocycles. The predicted octanol–water partition coefficient (Wildman–Crippen LogP) is 3.63. The van der Waals surface area contributed by atoms with Crippen LogP contribution in [0.1, 0.15) is 31.7 Å². The Kier molecular flexibility index (Phi) is 3.37. The van der Waals surface area contributed by atoms with Crippen LogP contribution in [0.3, 0.4) is 0 Å². The van der Waals surface area contributed by atoms with Crippen molar-refractivity contribution < 1.29 is 4.74 Å². The number of hydrogen-bond donors (Lipinski definition) is 0. The van der Waals surface area contributed by atoms with Crippen LogP contribution < -0.4 is 4.74 Å². The third kappa shape index (κ3) is 2.30.